The van der Waals surface area contributed by atoms with Crippen LogP contribution in [0.3, 0.4) is 0 Å². The molecule has 2 aromatic carbocycles. The third-order valence-electron chi connectivity index (χ3n) is 3.00. The van der Waals surface area contributed by atoms with E-state index < -0.39 is 0 Å². The van der Waals surface area contributed by atoms with Crippen LogP contribution in [0.2, 0.25) is 0 Å². The summed E-state index contributed by atoms with van der Waals surface area (Å²) in [6.45, 7) is 3.88. The highest BCUT2D eigenvalue weighted by molar-refractivity contribution is 5.63. The van der Waals surface area contributed by atoms with Crippen molar-refractivity contribution >= 4 is 0 Å². The highest BCUT2D eigenvalue weighted by Gasteiger charge is 1.98. The fraction of sp³-hybridized carbons (Fsp3) is 0.235. The average Bonchev–Trinajstić information content (AvgIpc) is 2.41. The van der Waals surface area contributed by atoms with E-state index >= 15 is 0 Å². The number of unbranched alkanes of at least 4 members (excludes halogenated alkanes) is 2. The molecular weight excluding hydrogens is 204 g/mol. The molecule has 0 amide bonds. The quantitative estimate of drug-likeness (QED) is 0.632. The molecule has 17 heavy (non-hydrogen) atoms. The summed E-state index contributed by atoms with van der Waals surface area (Å²) in [6, 6.07) is 19.4. The molecule has 0 aliphatic heterocycles. The van der Waals surface area contributed by atoms with Crippen molar-refractivity contribution in [2.45, 2.75) is 25.7 Å². The first-order valence-electron chi connectivity index (χ1n) is 6.34. The van der Waals surface area contributed by atoms with Gasteiger partial charge < -0.3 is 0 Å². The predicted molar refractivity (Wildman–Crippen MR) is 74.8 cm³/mol. The summed E-state index contributed by atoms with van der Waals surface area (Å²) in [5, 5.41) is 0. The molecule has 0 heteroatoms. The molecular formula is C17H19. The van der Waals surface area contributed by atoms with Crippen LogP contribution in [0.15, 0.2) is 54.6 Å². The summed E-state index contributed by atoms with van der Waals surface area (Å²) in [5.74, 6) is 0. The molecule has 0 aromatic heterocycles. The molecule has 0 aliphatic rings. The largest absolute Gasteiger partial charge is 0.0622 e. The highest BCUT2D eigenvalue weighted by Crippen LogP contribution is 2.20. The maximum atomic E-state index is 3.88. The Kier molecular flexibility index (Phi) is 4.37. The molecule has 0 unspecified atom stereocenters. The van der Waals surface area contributed by atoms with Gasteiger partial charge in [-0.15, -0.1) is 0 Å². The van der Waals surface area contributed by atoms with E-state index in [1.165, 1.54) is 29.5 Å². The lowest BCUT2D eigenvalue weighted by Gasteiger charge is -2.05. The summed E-state index contributed by atoms with van der Waals surface area (Å²) < 4.78 is 0. The first kappa shape index (κ1) is 11.9. The van der Waals surface area contributed by atoms with Crippen LogP contribution in [-0.2, 0) is 6.42 Å². The van der Waals surface area contributed by atoms with Gasteiger partial charge in [0, 0.05) is 0 Å². The van der Waals surface area contributed by atoms with E-state index in [0.29, 0.717) is 0 Å². The van der Waals surface area contributed by atoms with Crippen molar-refractivity contribution in [1.82, 2.24) is 0 Å². The molecule has 0 saturated carbocycles. The lowest BCUT2D eigenvalue weighted by molar-refractivity contribution is 0.746. The van der Waals surface area contributed by atoms with Gasteiger partial charge in [-0.2, -0.15) is 0 Å². The minimum absolute atomic E-state index is 1.04. The first-order valence-corrected chi connectivity index (χ1v) is 6.34. The Morgan fingerprint density at radius 2 is 1.53 bits per heavy atom. The molecule has 2 rings (SSSR count). The molecule has 0 nitrogen and oxygen atoms in total. The van der Waals surface area contributed by atoms with Gasteiger partial charge in [0.15, 0.2) is 0 Å². The summed E-state index contributed by atoms with van der Waals surface area (Å²) in [4.78, 5) is 0. The fourth-order valence-corrected chi connectivity index (χ4v) is 2.04. The van der Waals surface area contributed by atoms with Crippen molar-refractivity contribution in [2.24, 2.45) is 0 Å². The van der Waals surface area contributed by atoms with Gasteiger partial charge in [-0.25, -0.2) is 0 Å². The molecule has 0 N–H and O–H groups in total. The van der Waals surface area contributed by atoms with Crippen LogP contribution in [0.25, 0.3) is 11.1 Å². The van der Waals surface area contributed by atoms with E-state index in [4.69, 9.17) is 0 Å². The van der Waals surface area contributed by atoms with Crippen molar-refractivity contribution < 1.29 is 0 Å². The van der Waals surface area contributed by atoms with Crippen LogP contribution < -0.4 is 0 Å². The van der Waals surface area contributed by atoms with E-state index in [1.807, 2.05) is 0 Å². The molecule has 2 aromatic rings. The zero-order chi connectivity index (χ0) is 11.9. The lowest BCUT2D eigenvalue weighted by Crippen LogP contribution is -1.86. The maximum Gasteiger partial charge on any atom is -0.0181 e. The van der Waals surface area contributed by atoms with Gasteiger partial charge in [-0.05, 0) is 29.5 Å². The second-order valence-electron chi connectivity index (χ2n) is 4.38. The van der Waals surface area contributed by atoms with Crippen LogP contribution >= 0.6 is 0 Å². The van der Waals surface area contributed by atoms with E-state index in [9.17, 15) is 0 Å². The normalized spacial score (nSPS) is 10.4. The number of benzene rings is 2. The highest BCUT2D eigenvalue weighted by atomic mass is 14.0. The van der Waals surface area contributed by atoms with Gasteiger partial charge in [0.2, 0.25) is 0 Å². The Morgan fingerprint density at radius 1 is 0.765 bits per heavy atom. The maximum absolute atomic E-state index is 3.88. The van der Waals surface area contributed by atoms with Gasteiger partial charge >= 0.3 is 0 Å². The summed E-state index contributed by atoms with van der Waals surface area (Å²) >= 11 is 0. The number of aryl methyl sites for hydroxylation is 1. The third-order valence-corrected chi connectivity index (χ3v) is 3.00. The van der Waals surface area contributed by atoms with E-state index in [1.54, 1.807) is 0 Å². The molecule has 0 saturated heterocycles. The predicted octanol–water partition coefficient (Wildman–Crippen LogP) is 4.90. The molecule has 87 valence electrons. The molecule has 0 spiro atoms. The Balaban J connectivity index is 2.12. The third kappa shape index (κ3) is 3.45. The molecule has 0 bridgehead atoms. The summed E-state index contributed by atoms with van der Waals surface area (Å²) in [7, 11) is 0. The van der Waals surface area contributed by atoms with Gasteiger partial charge in [0.05, 0.1) is 0 Å². The average molecular weight is 223 g/mol. The number of hydrogen-bond acceptors (Lipinski definition) is 0. The Hall–Kier alpha value is -1.56. The minimum atomic E-state index is 1.04. The Labute approximate surface area is 104 Å². The van der Waals surface area contributed by atoms with Gasteiger partial charge in [0.25, 0.3) is 0 Å². The van der Waals surface area contributed by atoms with Gasteiger partial charge in [0.1, 0.15) is 0 Å². The number of hydrogen-bond donors (Lipinski definition) is 0. The van der Waals surface area contributed by atoms with E-state index in [2.05, 4.69) is 61.5 Å². The standard InChI is InChI=1S/C17H19/c1-2-3-5-9-15-10-8-13-17(14-15)16-11-6-4-7-12-16/h4,6-8,10-14H,1-3,5,9H2. The monoisotopic (exact) mass is 223 g/mol. The van der Waals surface area contributed by atoms with Crippen LogP contribution in [0.4, 0.5) is 0 Å². The SMILES string of the molecule is [CH2]CCCCc1cccc(-c2ccccc2)c1. The lowest BCUT2D eigenvalue weighted by atomic mass is 10.0. The Bertz CT molecular complexity index is 443. The Morgan fingerprint density at radius 3 is 2.29 bits per heavy atom. The van der Waals surface area contributed by atoms with E-state index in [-0.39, 0.29) is 0 Å². The molecule has 1 radical (unpaired) electrons. The second-order valence-corrected chi connectivity index (χ2v) is 4.38. The number of rotatable bonds is 5. The first-order chi connectivity index (χ1) is 8.40. The van der Waals surface area contributed by atoms with E-state index in [0.717, 1.165) is 12.8 Å². The van der Waals surface area contributed by atoms with Crippen molar-refractivity contribution in [3.63, 3.8) is 0 Å². The molecule has 0 heterocycles. The topological polar surface area (TPSA) is 0 Å². The van der Waals surface area contributed by atoms with Crippen LogP contribution in [0.1, 0.15) is 24.8 Å². The van der Waals surface area contributed by atoms with Crippen LogP contribution in [-0.4, -0.2) is 0 Å². The smallest absolute Gasteiger partial charge is 0.0181 e. The zero-order valence-electron chi connectivity index (χ0n) is 10.2. The van der Waals surface area contributed by atoms with Crippen molar-refractivity contribution in [3.8, 4) is 11.1 Å². The second kappa shape index (κ2) is 6.24. The van der Waals surface area contributed by atoms with Crippen LogP contribution in [0, 0.1) is 6.92 Å². The molecule has 0 aliphatic carbocycles. The van der Waals surface area contributed by atoms with Gasteiger partial charge in [-0.3, -0.25) is 0 Å². The van der Waals surface area contributed by atoms with Gasteiger partial charge in [-0.1, -0.05) is 74.4 Å². The van der Waals surface area contributed by atoms with Crippen molar-refractivity contribution in [1.29, 1.82) is 0 Å². The molecule has 0 fully saturated rings. The van der Waals surface area contributed by atoms with Crippen molar-refractivity contribution in [3.05, 3.63) is 67.1 Å². The molecule has 0 atom stereocenters. The summed E-state index contributed by atoms with van der Waals surface area (Å²) in [6.07, 6.45) is 4.66. The minimum Gasteiger partial charge on any atom is -0.0622 e. The van der Waals surface area contributed by atoms with Crippen molar-refractivity contribution in [2.75, 3.05) is 0 Å². The van der Waals surface area contributed by atoms with Crippen LogP contribution in [0.5, 0.6) is 0 Å². The summed E-state index contributed by atoms with van der Waals surface area (Å²) in [5.41, 5.74) is 4.05. The fourth-order valence-electron chi connectivity index (χ4n) is 2.04. The zero-order valence-corrected chi connectivity index (χ0v) is 10.2.